The lowest BCUT2D eigenvalue weighted by atomic mass is 9.82. The number of anilines is 1. The number of ether oxygens (including phenoxy) is 2. The first-order valence-electron chi connectivity index (χ1n) is 16.9. The van der Waals surface area contributed by atoms with E-state index in [-0.39, 0.29) is 52.2 Å². The van der Waals surface area contributed by atoms with Gasteiger partial charge in [0.2, 0.25) is 5.91 Å². The van der Waals surface area contributed by atoms with E-state index in [2.05, 4.69) is 18.8 Å². The molecular weight excluding hydrogens is 604 g/mol. The van der Waals surface area contributed by atoms with Crippen LogP contribution in [0.25, 0.3) is 0 Å². The van der Waals surface area contributed by atoms with Crippen molar-refractivity contribution >= 4 is 41.0 Å². The van der Waals surface area contributed by atoms with Crippen molar-refractivity contribution in [2.45, 2.75) is 130 Å². The highest BCUT2D eigenvalue weighted by molar-refractivity contribution is 7.15. The molecule has 2 saturated carbocycles. The zero-order valence-electron chi connectivity index (χ0n) is 28.6. The second-order valence-electron chi connectivity index (χ2n) is 15.4. The summed E-state index contributed by atoms with van der Waals surface area (Å²) in [6, 6.07) is 1.53. The van der Waals surface area contributed by atoms with E-state index in [0.29, 0.717) is 68.1 Å². The molecule has 1 aromatic heterocycles. The van der Waals surface area contributed by atoms with Crippen molar-refractivity contribution in [3.63, 3.8) is 0 Å². The molecule has 1 aromatic rings. The molecule has 0 spiro atoms. The minimum atomic E-state index is -1.07. The molecule has 0 radical (unpaired) electrons. The van der Waals surface area contributed by atoms with Crippen LogP contribution in [0, 0.1) is 35.0 Å². The molecule has 0 aromatic carbocycles. The first-order chi connectivity index (χ1) is 21.5. The van der Waals surface area contributed by atoms with Gasteiger partial charge in [-0.25, -0.2) is 9.59 Å². The summed E-state index contributed by atoms with van der Waals surface area (Å²) in [5.74, 6) is 5.29. The molecule has 3 aliphatic rings. The van der Waals surface area contributed by atoms with Gasteiger partial charge in [0.25, 0.3) is 0 Å². The third-order valence-corrected chi connectivity index (χ3v) is 10.1. The van der Waals surface area contributed by atoms with Gasteiger partial charge < -0.3 is 24.4 Å². The molecule has 46 heavy (non-hydrogen) atoms. The van der Waals surface area contributed by atoms with E-state index < -0.39 is 11.6 Å². The number of nitrogens with zero attached hydrogens (tertiary/aromatic N) is 2. The quantitative estimate of drug-likeness (QED) is 0.249. The molecule has 0 unspecified atom stereocenters. The first-order valence-corrected chi connectivity index (χ1v) is 17.7. The minimum absolute atomic E-state index is 0.0229. The van der Waals surface area contributed by atoms with Crippen LogP contribution in [0.2, 0.25) is 0 Å². The van der Waals surface area contributed by atoms with E-state index in [0.717, 1.165) is 37.0 Å². The summed E-state index contributed by atoms with van der Waals surface area (Å²) in [6.45, 7) is 14.6. The fraction of sp³-hybridized carbons (Fsp3) is 0.722. The predicted molar refractivity (Wildman–Crippen MR) is 179 cm³/mol. The smallest absolute Gasteiger partial charge is 0.410 e. The Morgan fingerprint density at radius 1 is 0.891 bits per heavy atom. The SMILES string of the molecule is CC(C)(C)C#Cc1cc(N(C(=O)[C@H]2CC[C@H](C)CC2)C2CCN(C(=O)OC3CCC(C(=O)OC(C)(C)C)CC3)CC2)c(C(=O)O)s1. The van der Waals surface area contributed by atoms with E-state index in [9.17, 15) is 24.3 Å². The number of hydrogen-bond acceptors (Lipinski definition) is 7. The fourth-order valence-electron chi connectivity index (χ4n) is 6.55. The Labute approximate surface area is 278 Å². The lowest BCUT2D eigenvalue weighted by molar-refractivity contribution is -0.161. The summed E-state index contributed by atoms with van der Waals surface area (Å²) in [4.78, 5) is 56.5. The monoisotopic (exact) mass is 656 g/mol. The van der Waals surface area contributed by atoms with Gasteiger partial charge in [0.1, 0.15) is 16.6 Å². The van der Waals surface area contributed by atoms with Gasteiger partial charge in [0, 0.05) is 30.5 Å². The molecule has 1 saturated heterocycles. The summed E-state index contributed by atoms with van der Waals surface area (Å²) in [6.07, 6.45) is 6.45. The molecule has 2 aliphatic carbocycles. The topological polar surface area (TPSA) is 113 Å². The van der Waals surface area contributed by atoms with Gasteiger partial charge in [-0.15, -0.1) is 11.3 Å². The molecule has 254 valence electrons. The van der Waals surface area contributed by atoms with Crippen molar-refractivity contribution in [3.05, 3.63) is 15.8 Å². The molecule has 0 bridgehead atoms. The van der Waals surface area contributed by atoms with Crippen LogP contribution in [0.3, 0.4) is 0 Å². The number of thiophene rings is 1. The molecule has 2 amide bonds. The Bertz CT molecular complexity index is 1320. The maximum atomic E-state index is 14.2. The highest BCUT2D eigenvalue weighted by atomic mass is 32.1. The van der Waals surface area contributed by atoms with Gasteiger partial charge >= 0.3 is 18.0 Å². The van der Waals surface area contributed by atoms with Crippen molar-refractivity contribution in [2.75, 3.05) is 18.0 Å². The van der Waals surface area contributed by atoms with E-state index in [4.69, 9.17) is 9.47 Å². The molecule has 1 aliphatic heterocycles. The number of aromatic carboxylic acids is 1. The Kier molecular flexibility index (Phi) is 11.5. The lowest BCUT2D eigenvalue weighted by Crippen LogP contribution is -2.51. The van der Waals surface area contributed by atoms with E-state index in [1.165, 1.54) is 0 Å². The summed E-state index contributed by atoms with van der Waals surface area (Å²) in [5, 5.41) is 10.2. The van der Waals surface area contributed by atoms with Crippen LogP contribution >= 0.6 is 11.3 Å². The summed E-state index contributed by atoms with van der Waals surface area (Å²) >= 11 is 1.11. The molecule has 4 rings (SSSR count). The van der Waals surface area contributed by atoms with Gasteiger partial charge in [-0.05, 0) is 118 Å². The summed E-state index contributed by atoms with van der Waals surface area (Å²) in [5.41, 5.74) is -0.356. The number of likely N-dealkylation sites (tertiary alicyclic amines) is 1. The van der Waals surface area contributed by atoms with Crippen LogP contribution in [0.4, 0.5) is 10.5 Å². The number of carboxylic acid groups (broad SMARTS) is 1. The molecule has 2 heterocycles. The molecule has 3 fully saturated rings. The zero-order valence-corrected chi connectivity index (χ0v) is 29.5. The van der Waals surface area contributed by atoms with Crippen molar-refractivity contribution in [1.82, 2.24) is 4.90 Å². The van der Waals surface area contributed by atoms with Gasteiger partial charge in [0.15, 0.2) is 0 Å². The highest BCUT2D eigenvalue weighted by Crippen LogP contribution is 2.38. The Hall–Kier alpha value is -3.06. The average molecular weight is 657 g/mol. The standard InChI is InChI=1S/C36H52N2O7S/c1-23-8-10-24(11-9-23)31(39)38(29-22-28(16-19-35(2,3)4)46-30(29)32(40)41)26-17-20-37(21-18-26)34(43)44-27-14-12-25(13-15-27)33(42)45-36(5,6)7/h22-27H,8-15,17-18,20-21H2,1-7H3,(H,40,41)/t23-,24-,25?,27?. The second-order valence-corrected chi connectivity index (χ2v) is 16.5. The number of rotatable bonds is 6. The molecule has 10 heteroatoms. The van der Waals surface area contributed by atoms with E-state index in [1.54, 1.807) is 15.9 Å². The number of hydrogen-bond donors (Lipinski definition) is 1. The van der Waals surface area contributed by atoms with E-state index >= 15 is 0 Å². The fourth-order valence-corrected chi connectivity index (χ4v) is 7.39. The Morgan fingerprint density at radius 2 is 1.48 bits per heavy atom. The zero-order chi connectivity index (χ0) is 33.8. The largest absolute Gasteiger partial charge is 0.477 e. The third kappa shape index (κ3) is 9.73. The highest BCUT2D eigenvalue weighted by Gasteiger charge is 2.39. The normalized spacial score (nSPS) is 24.4. The van der Waals surface area contributed by atoms with Crippen LogP contribution in [0.1, 0.15) is 127 Å². The van der Waals surface area contributed by atoms with Crippen molar-refractivity contribution in [3.8, 4) is 11.8 Å². The number of amides is 2. The second kappa shape index (κ2) is 14.8. The lowest BCUT2D eigenvalue weighted by Gasteiger charge is -2.40. The number of carboxylic acids is 1. The predicted octanol–water partition coefficient (Wildman–Crippen LogP) is 7.50. The number of piperidine rings is 1. The van der Waals surface area contributed by atoms with Crippen LogP contribution in [0.5, 0.6) is 0 Å². The molecular formula is C36H52N2O7S. The van der Waals surface area contributed by atoms with Crippen molar-refractivity contribution < 1.29 is 33.8 Å². The van der Waals surface area contributed by atoms with Crippen LogP contribution in [-0.2, 0) is 19.1 Å². The average Bonchev–Trinajstić information content (AvgIpc) is 3.40. The molecule has 1 N–H and O–H groups in total. The minimum Gasteiger partial charge on any atom is -0.477 e. The first kappa shape index (κ1) is 35.8. The molecule has 9 nitrogen and oxygen atoms in total. The Balaban J connectivity index is 1.44. The maximum Gasteiger partial charge on any atom is 0.410 e. The van der Waals surface area contributed by atoms with E-state index in [1.807, 2.05) is 41.5 Å². The van der Waals surface area contributed by atoms with Gasteiger partial charge in [-0.3, -0.25) is 9.59 Å². The van der Waals surface area contributed by atoms with Crippen LogP contribution in [-0.4, -0.2) is 64.8 Å². The third-order valence-electron chi connectivity index (χ3n) is 9.10. The maximum absolute atomic E-state index is 14.2. The van der Waals surface area contributed by atoms with Gasteiger partial charge in [-0.1, -0.05) is 18.8 Å². The number of esters is 1. The Morgan fingerprint density at radius 3 is 2.02 bits per heavy atom. The summed E-state index contributed by atoms with van der Waals surface area (Å²) < 4.78 is 11.4. The van der Waals surface area contributed by atoms with Crippen molar-refractivity contribution in [2.24, 2.45) is 23.2 Å². The van der Waals surface area contributed by atoms with Crippen LogP contribution in [0.15, 0.2) is 6.07 Å². The van der Waals surface area contributed by atoms with Gasteiger partial charge in [0.05, 0.1) is 16.5 Å². The number of carbonyl (C=O) groups excluding carboxylic acids is 3. The van der Waals surface area contributed by atoms with Crippen LogP contribution < -0.4 is 4.90 Å². The molecule has 0 atom stereocenters. The number of carbonyl (C=O) groups is 4. The van der Waals surface area contributed by atoms with Crippen molar-refractivity contribution in [1.29, 1.82) is 0 Å². The van der Waals surface area contributed by atoms with Gasteiger partial charge in [-0.2, -0.15) is 0 Å². The summed E-state index contributed by atoms with van der Waals surface area (Å²) in [7, 11) is 0.